The molecule has 1 N–H and O–H groups in total. The highest BCUT2D eigenvalue weighted by molar-refractivity contribution is 14.0. The summed E-state index contributed by atoms with van der Waals surface area (Å²) in [6.45, 7) is 2.46. The molecule has 0 unspecified atom stereocenters. The Labute approximate surface area is 210 Å². The van der Waals surface area contributed by atoms with Crippen molar-refractivity contribution in [1.29, 1.82) is 0 Å². The van der Waals surface area contributed by atoms with Crippen LogP contribution in [0.15, 0.2) is 64.1 Å². The van der Waals surface area contributed by atoms with Crippen molar-refractivity contribution >= 4 is 41.5 Å². The van der Waals surface area contributed by atoms with Gasteiger partial charge in [0.05, 0.1) is 0 Å². The fraction of sp³-hybridized carbons (Fsp3) is 0.348. The lowest BCUT2D eigenvalue weighted by molar-refractivity contribution is 0.129. The van der Waals surface area contributed by atoms with Gasteiger partial charge in [-0.2, -0.15) is 4.98 Å². The first-order valence-electron chi connectivity index (χ1n) is 10.5. The van der Waals surface area contributed by atoms with E-state index in [1.165, 1.54) is 0 Å². The average Bonchev–Trinajstić information content (AvgIpc) is 3.28. The van der Waals surface area contributed by atoms with E-state index in [4.69, 9.17) is 20.9 Å². The molecule has 2 heterocycles. The van der Waals surface area contributed by atoms with Gasteiger partial charge in [-0.05, 0) is 36.4 Å². The Morgan fingerprint density at radius 2 is 1.88 bits per heavy atom. The molecular weight excluding hydrogens is 541 g/mol. The van der Waals surface area contributed by atoms with Crippen LogP contribution in [0.5, 0.6) is 5.75 Å². The summed E-state index contributed by atoms with van der Waals surface area (Å²) >= 11 is 5.93. The van der Waals surface area contributed by atoms with Crippen LogP contribution in [0.25, 0.3) is 11.4 Å². The maximum absolute atomic E-state index is 6.08. The van der Waals surface area contributed by atoms with Gasteiger partial charge in [0.15, 0.2) is 5.96 Å². The molecule has 0 radical (unpaired) electrons. The van der Waals surface area contributed by atoms with E-state index >= 15 is 0 Å². The smallest absolute Gasteiger partial charge is 0.228 e. The normalized spacial score (nSPS) is 14.7. The summed E-state index contributed by atoms with van der Waals surface area (Å²) in [4.78, 5) is 11.2. The largest absolute Gasteiger partial charge is 0.490 e. The second-order valence-corrected chi connectivity index (χ2v) is 7.80. The van der Waals surface area contributed by atoms with Gasteiger partial charge in [-0.25, -0.2) is 0 Å². The predicted octanol–water partition coefficient (Wildman–Crippen LogP) is 4.67. The van der Waals surface area contributed by atoms with E-state index in [9.17, 15) is 0 Å². The number of hydrogen-bond acceptors (Lipinski definition) is 5. The molecule has 0 spiro atoms. The highest BCUT2D eigenvalue weighted by atomic mass is 127. The van der Waals surface area contributed by atoms with Crippen molar-refractivity contribution in [1.82, 2.24) is 20.4 Å². The Hall–Kier alpha value is -2.33. The summed E-state index contributed by atoms with van der Waals surface area (Å²) in [7, 11) is 1.81. The zero-order valence-corrected chi connectivity index (χ0v) is 21.0. The van der Waals surface area contributed by atoms with Crippen LogP contribution in [-0.2, 0) is 6.42 Å². The Balaban J connectivity index is 0.00000289. The molecule has 1 saturated heterocycles. The van der Waals surface area contributed by atoms with Gasteiger partial charge in [0, 0.05) is 56.5 Å². The molecule has 1 aromatic heterocycles. The first-order chi connectivity index (χ1) is 15.2. The zero-order valence-electron chi connectivity index (χ0n) is 17.9. The summed E-state index contributed by atoms with van der Waals surface area (Å²) in [5.74, 6) is 2.97. The first-order valence-corrected chi connectivity index (χ1v) is 10.8. The standard InChI is InChI=1S/C23H26ClN5O2.HI/c1-25-23(29-15-12-20(13-16-29)30-19-5-3-2-4-6-19)26-14-11-21-27-22(28-31-21)17-7-9-18(24)10-8-17;/h2-10,20H,11-16H2,1H3,(H,25,26);1H. The van der Waals surface area contributed by atoms with E-state index in [1.807, 2.05) is 54.6 Å². The number of nitrogens with one attached hydrogen (secondary N) is 1. The molecule has 4 rings (SSSR count). The van der Waals surface area contributed by atoms with Crippen LogP contribution in [0.3, 0.4) is 0 Å². The van der Waals surface area contributed by atoms with Crippen LogP contribution in [-0.4, -0.2) is 53.8 Å². The lowest BCUT2D eigenvalue weighted by atomic mass is 10.1. The number of likely N-dealkylation sites (tertiary alicyclic amines) is 1. The minimum absolute atomic E-state index is 0. The fourth-order valence-electron chi connectivity index (χ4n) is 3.56. The third kappa shape index (κ3) is 6.59. The maximum atomic E-state index is 6.08. The second-order valence-electron chi connectivity index (χ2n) is 7.36. The number of halogens is 2. The summed E-state index contributed by atoms with van der Waals surface area (Å²) in [6, 6.07) is 17.4. The van der Waals surface area contributed by atoms with Crippen molar-refractivity contribution in [2.45, 2.75) is 25.4 Å². The van der Waals surface area contributed by atoms with Crippen molar-refractivity contribution in [3.05, 3.63) is 65.5 Å². The van der Waals surface area contributed by atoms with Gasteiger partial charge in [-0.3, -0.25) is 4.99 Å². The molecule has 0 aliphatic carbocycles. The zero-order chi connectivity index (χ0) is 21.5. The van der Waals surface area contributed by atoms with Gasteiger partial charge in [0.2, 0.25) is 11.7 Å². The van der Waals surface area contributed by atoms with Crippen LogP contribution in [0.1, 0.15) is 18.7 Å². The second kappa shape index (κ2) is 12.1. The Kier molecular flexibility index (Phi) is 9.16. The van der Waals surface area contributed by atoms with E-state index < -0.39 is 0 Å². The van der Waals surface area contributed by atoms with Gasteiger partial charge in [-0.1, -0.05) is 35.0 Å². The lowest BCUT2D eigenvalue weighted by Gasteiger charge is -2.34. The van der Waals surface area contributed by atoms with Crippen molar-refractivity contribution in [3.8, 4) is 17.1 Å². The molecule has 9 heteroatoms. The molecular formula is C23H27ClIN5O2. The minimum Gasteiger partial charge on any atom is -0.490 e. The highest BCUT2D eigenvalue weighted by Crippen LogP contribution is 2.20. The molecule has 170 valence electrons. The van der Waals surface area contributed by atoms with Gasteiger partial charge >= 0.3 is 0 Å². The summed E-state index contributed by atoms with van der Waals surface area (Å²) in [5, 5.41) is 8.13. The Morgan fingerprint density at radius 3 is 2.56 bits per heavy atom. The Morgan fingerprint density at radius 1 is 1.16 bits per heavy atom. The monoisotopic (exact) mass is 567 g/mol. The molecule has 1 fully saturated rings. The summed E-state index contributed by atoms with van der Waals surface area (Å²) < 4.78 is 11.5. The first kappa shape index (κ1) is 24.3. The van der Waals surface area contributed by atoms with Crippen LogP contribution in [0.2, 0.25) is 5.02 Å². The molecule has 0 atom stereocenters. The summed E-state index contributed by atoms with van der Waals surface area (Å²) in [5.41, 5.74) is 0.878. The van der Waals surface area contributed by atoms with Crippen molar-refractivity contribution < 1.29 is 9.26 Å². The summed E-state index contributed by atoms with van der Waals surface area (Å²) in [6.07, 6.45) is 2.78. The molecule has 0 bridgehead atoms. The minimum atomic E-state index is 0. The van der Waals surface area contributed by atoms with Crippen molar-refractivity contribution in [3.63, 3.8) is 0 Å². The Bertz CT molecular complexity index is 989. The van der Waals surface area contributed by atoms with Gasteiger partial charge in [-0.15, -0.1) is 24.0 Å². The fourth-order valence-corrected chi connectivity index (χ4v) is 3.69. The molecule has 3 aromatic rings. The van der Waals surface area contributed by atoms with E-state index in [1.54, 1.807) is 7.05 Å². The van der Waals surface area contributed by atoms with E-state index in [2.05, 4.69) is 25.3 Å². The van der Waals surface area contributed by atoms with Gasteiger partial charge < -0.3 is 19.5 Å². The third-order valence-corrected chi connectivity index (χ3v) is 5.44. The quantitative estimate of drug-likeness (QED) is 0.265. The highest BCUT2D eigenvalue weighted by Gasteiger charge is 2.22. The number of aliphatic imine (C=N–C) groups is 1. The maximum Gasteiger partial charge on any atom is 0.228 e. The average molecular weight is 568 g/mol. The molecule has 0 amide bonds. The SMILES string of the molecule is CN=C(NCCc1nc(-c2ccc(Cl)cc2)no1)N1CCC(Oc2ccccc2)CC1.I. The van der Waals surface area contributed by atoms with Crippen LogP contribution in [0.4, 0.5) is 0 Å². The number of rotatable bonds is 6. The van der Waals surface area contributed by atoms with Gasteiger partial charge in [0.1, 0.15) is 11.9 Å². The predicted molar refractivity (Wildman–Crippen MR) is 137 cm³/mol. The molecule has 0 saturated carbocycles. The molecule has 1 aliphatic heterocycles. The number of piperidine rings is 1. The van der Waals surface area contributed by atoms with Crippen LogP contribution in [0, 0.1) is 0 Å². The van der Waals surface area contributed by atoms with Crippen LogP contribution >= 0.6 is 35.6 Å². The number of hydrogen-bond donors (Lipinski definition) is 1. The lowest BCUT2D eigenvalue weighted by Crippen LogP contribution is -2.47. The molecule has 2 aromatic carbocycles. The number of ether oxygens (including phenoxy) is 1. The van der Waals surface area contributed by atoms with Crippen molar-refractivity contribution in [2.24, 2.45) is 4.99 Å². The van der Waals surface area contributed by atoms with E-state index in [-0.39, 0.29) is 30.1 Å². The number of benzene rings is 2. The van der Waals surface area contributed by atoms with Crippen molar-refractivity contribution in [2.75, 3.05) is 26.7 Å². The number of aromatic nitrogens is 2. The molecule has 1 aliphatic rings. The number of para-hydroxylation sites is 1. The number of guanidine groups is 1. The van der Waals surface area contributed by atoms with E-state index in [0.717, 1.165) is 43.2 Å². The van der Waals surface area contributed by atoms with Gasteiger partial charge in [0.25, 0.3) is 0 Å². The van der Waals surface area contributed by atoms with Crippen LogP contribution < -0.4 is 10.1 Å². The number of nitrogens with zero attached hydrogens (tertiary/aromatic N) is 4. The topological polar surface area (TPSA) is 75.8 Å². The third-order valence-electron chi connectivity index (χ3n) is 5.19. The molecule has 32 heavy (non-hydrogen) atoms. The van der Waals surface area contributed by atoms with E-state index in [0.29, 0.717) is 29.7 Å². The molecule has 7 nitrogen and oxygen atoms in total.